The fourth-order valence-electron chi connectivity index (χ4n) is 1.21. The van der Waals surface area contributed by atoms with Crippen LogP contribution in [0.15, 0.2) is 11.1 Å². The zero-order chi connectivity index (χ0) is 8.59. The van der Waals surface area contributed by atoms with Gasteiger partial charge in [0.05, 0.1) is 7.85 Å². The second-order valence-electron chi connectivity index (χ2n) is 3.71. The Morgan fingerprint density at radius 3 is 2.09 bits per heavy atom. The van der Waals surface area contributed by atoms with Crippen LogP contribution in [0.25, 0.3) is 0 Å². The number of hydrogen-bond donors (Lipinski definition) is 0. The van der Waals surface area contributed by atoms with E-state index in [4.69, 9.17) is 7.85 Å². The van der Waals surface area contributed by atoms with E-state index in [2.05, 4.69) is 32.7 Å². The Kier molecular flexibility index (Phi) is 2.43. The quantitative estimate of drug-likeness (QED) is 0.327. The van der Waals surface area contributed by atoms with Gasteiger partial charge in [-0.25, -0.2) is 0 Å². The highest BCUT2D eigenvalue weighted by Crippen LogP contribution is 2.29. The maximum absolute atomic E-state index is 5.76. The molecule has 1 saturated heterocycles. The van der Waals surface area contributed by atoms with Crippen molar-refractivity contribution in [1.82, 2.24) is 4.90 Å². The lowest BCUT2D eigenvalue weighted by Gasteiger charge is -2.01. The molecule has 3 unspecified atom stereocenters. The number of allylic oxidation sites excluding steroid dienone is 1. The van der Waals surface area contributed by atoms with Crippen LogP contribution in [-0.2, 0) is 0 Å². The molecule has 0 bridgehead atoms. The molecule has 1 fully saturated rings. The summed E-state index contributed by atoms with van der Waals surface area (Å²) in [5, 5.41) is 0. The van der Waals surface area contributed by atoms with E-state index in [1.165, 1.54) is 11.1 Å². The lowest BCUT2D eigenvalue weighted by atomic mass is 9.96. The molecule has 2 heteroatoms. The Morgan fingerprint density at radius 1 is 1.36 bits per heavy atom. The SMILES string of the molecule is [B]C1C(CC(C)=C(C)C)N1C. The van der Waals surface area contributed by atoms with Gasteiger partial charge in [0.1, 0.15) is 0 Å². The molecule has 0 aliphatic carbocycles. The Morgan fingerprint density at radius 2 is 1.82 bits per heavy atom. The molecule has 0 saturated carbocycles. The van der Waals surface area contributed by atoms with Crippen molar-refractivity contribution in [3.8, 4) is 0 Å². The summed E-state index contributed by atoms with van der Waals surface area (Å²) in [5.74, 6) is 0.310. The zero-order valence-electron chi connectivity index (χ0n) is 7.89. The van der Waals surface area contributed by atoms with Gasteiger partial charge in [-0.2, -0.15) is 0 Å². The van der Waals surface area contributed by atoms with Crippen LogP contribution < -0.4 is 0 Å². The molecular weight excluding hydrogens is 133 g/mol. The summed E-state index contributed by atoms with van der Waals surface area (Å²) in [4.78, 5) is 2.20. The van der Waals surface area contributed by atoms with Crippen LogP contribution in [0, 0.1) is 0 Å². The van der Waals surface area contributed by atoms with E-state index in [1.54, 1.807) is 0 Å². The first kappa shape index (κ1) is 8.86. The molecule has 1 aliphatic rings. The van der Waals surface area contributed by atoms with Crippen LogP contribution in [0.1, 0.15) is 27.2 Å². The second kappa shape index (κ2) is 3.02. The Hall–Kier alpha value is -0.235. The molecule has 1 nitrogen and oxygen atoms in total. The third kappa shape index (κ3) is 1.87. The number of nitrogens with zero attached hydrogens (tertiary/aromatic N) is 1. The van der Waals surface area contributed by atoms with E-state index in [0.29, 0.717) is 12.0 Å². The molecule has 0 N–H and O–H groups in total. The number of likely N-dealkylation sites (N-methyl/N-ethyl adjacent to an activating group) is 1. The van der Waals surface area contributed by atoms with Crippen molar-refractivity contribution in [1.29, 1.82) is 0 Å². The minimum atomic E-state index is 0.310. The van der Waals surface area contributed by atoms with Gasteiger partial charge in [0.2, 0.25) is 0 Å². The maximum Gasteiger partial charge on any atom is 0.0932 e. The standard InChI is InChI=1S/C9H16BN/c1-6(2)7(3)5-8-9(10)11(8)4/h8-9H,5H2,1-4H3. The third-order valence-corrected chi connectivity index (χ3v) is 2.67. The molecule has 1 rings (SSSR count). The van der Waals surface area contributed by atoms with Crippen LogP contribution in [0.5, 0.6) is 0 Å². The minimum absolute atomic E-state index is 0.310. The largest absolute Gasteiger partial charge is 0.307 e. The van der Waals surface area contributed by atoms with Gasteiger partial charge in [0, 0.05) is 6.04 Å². The third-order valence-electron chi connectivity index (χ3n) is 2.67. The van der Waals surface area contributed by atoms with E-state index in [-0.39, 0.29) is 0 Å². The summed E-state index contributed by atoms with van der Waals surface area (Å²) in [6, 6.07) is 0.602. The molecular formula is C9H16BN. The molecule has 0 aromatic heterocycles. The zero-order valence-corrected chi connectivity index (χ0v) is 7.89. The first-order valence-electron chi connectivity index (χ1n) is 4.14. The van der Waals surface area contributed by atoms with Crippen LogP contribution >= 0.6 is 0 Å². The summed E-state index contributed by atoms with van der Waals surface area (Å²) >= 11 is 0. The number of hydrogen-bond acceptors (Lipinski definition) is 1. The monoisotopic (exact) mass is 149 g/mol. The van der Waals surface area contributed by atoms with E-state index >= 15 is 0 Å². The van der Waals surface area contributed by atoms with Gasteiger partial charge in [-0.1, -0.05) is 11.1 Å². The highest BCUT2D eigenvalue weighted by atomic mass is 15.3. The minimum Gasteiger partial charge on any atom is -0.307 e. The molecule has 3 atom stereocenters. The first-order valence-corrected chi connectivity index (χ1v) is 4.14. The van der Waals surface area contributed by atoms with Crippen molar-refractivity contribution in [2.45, 2.75) is 39.2 Å². The van der Waals surface area contributed by atoms with Crippen molar-refractivity contribution in [2.75, 3.05) is 7.05 Å². The van der Waals surface area contributed by atoms with Gasteiger partial charge in [-0.15, -0.1) is 0 Å². The molecule has 0 amide bonds. The maximum atomic E-state index is 5.76. The molecule has 0 aromatic rings. The average molecular weight is 149 g/mol. The second-order valence-corrected chi connectivity index (χ2v) is 3.71. The fourth-order valence-corrected chi connectivity index (χ4v) is 1.21. The van der Waals surface area contributed by atoms with Crippen molar-refractivity contribution < 1.29 is 0 Å². The average Bonchev–Trinajstić information content (AvgIpc) is 2.45. The lowest BCUT2D eigenvalue weighted by Crippen LogP contribution is -1.95. The Bertz CT molecular complexity index is 174. The van der Waals surface area contributed by atoms with Crippen LogP contribution in [0.2, 0.25) is 0 Å². The van der Waals surface area contributed by atoms with Gasteiger partial charge < -0.3 is 4.90 Å². The fraction of sp³-hybridized carbons (Fsp3) is 0.778. The van der Waals surface area contributed by atoms with Gasteiger partial charge in [0.15, 0.2) is 0 Å². The predicted molar refractivity (Wildman–Crippen MR) is 49.8 cm³/mol. The molecule has 0 spiro atoms. The molecule has 1 aliphatic heterocycles. The highest BCUT2D eigenvalue weighted by Gasteiger charge is 2.38. The first-order chi connectivity index (χ1) is 5.04. The smallest absolute Gasteiger partial charge is 0.0932 e. The summed E-state index contributed by atoms with van der Waals surface area (Å²) in [5.41, 5.74) is 2.91. The topological polar surface area (TPSA) is 3.01 Å². The van der Waals surface area contributed by atoms with Crippen molar-refractivity contribution >= 4 is 7.85 Å². The summed E-state index contributed by atoms with van der Waals surface area (Å²) in [7, 11) is 7.84. The Labute approximate surface area is 70.9 Å². The van der Waals surface area contributed by atoms with Crippen molar-refractivity contribution in [3.05, 3.63) is 11.1 Å². The predicted octanol–water partition coefficient (Wildman–Crippen LogP) is 1.54. The highest BCUT2D eigenvalue weighted by molar-refractivity contribution is 6.14. The van der Waals surface area contributed by atoms with Gasteiger partial charge in [-0.3, -0.25) is 0 Å². The number of rotatable bonds is 2. The molecule has 11 heavy (non-hydrogen) atoms. The summed E-state index contributed by atoms with van der Waals surface area (Å²) < 4.78 is 0. The summed E-state index contributed by atoms with van der Waals surface area (Å²) in [6.07, 6.45) is 1.14. The van der Waals surface area contributed by atoms with Crippen molar-refractivity contribution in [2.24, 2.45) is 0 Å². The van der Waals surface area contributed by atoms with Crippen molar-refractivity contribution in [3.63, 3.8) is 0 Å². The Balaban J connectivity index is 2.40. The summed E-state index contributed by atoms with van der Waals surface area (Å²) in [6.45, 7) is 6.50. The van der Waals surface area contributed by atoms with Gasteiger partial charge >= 0.3 is 0 Å². The molecule has 2 radical (unpaired) electrons. The molecule has 1 heterocycles. The molecule has 60 valence electrons. The van der Waals surface area contributed by atoms with Gasteiger partial charge in [-0.05, 0) is 40.2 Å². The van der Waals surface area contributed by atoms with E-state index in [0.717, 1.165) is 6.42 Å². The van der Waals surface area contributed by atoms with Crippen LogP contribution in [-0.4, -0.2) is 31.8 Å². The lowest BCUT2D eigenvalue weighted by molar-refractivity contribution is 0.602. The van der Waals surface area contributed by atoms with Crippen LogP contribution in [0.4, 0.5) is 0 Å². The molecule has 0 aromatic carbocycles. The normalized spacial score (nSPS) is 35.1. The van der Waals surface area contributed by atoms with E-state index in [1.807, 2.05) is 0 Å². The van der Waals surface area contributed by atoms with E-state index in [9.17, 15) is 0 Å². The van der Waals surface area contributed by atoms with Crippen LogP contribution in [0.3, 0.4) is 0 Å². The van der Waals surface area contributed by atoms with E-state index < -0.39 is 0 Å². The van der Waals surface area contributed by atoms with Gasteiger partial charge in [0.25, 0.3) is 0 Å².